The van der Waals surface area contributed by atoms with Gasteiger partial charge in [-0.15, -0.1) is 0 Å². The van der Waals surface area contributed by atoms with Crippen LogP contribution in [-0.4, -0.2) is 13.7 Å². The zero-order valence-electron chi connectivity index (χ0n) is 8.86. The third-order valence-corrected chi connectivity index (χ3v) is 2.14. The highest BCUT2D eigenvalue weighted by Crippen LogP contribution is 2.23. The van der Waals surface area contributed by atoms with Gasteiger partial charge in [0.25, 0.3) is 0 Å². The van der Waals surface area contributed by atoms with E-state index in [-0.39, 0.29) is 0 Å². The Morgan fingerprint density at radius 1 is 1.17 bits per heavy atom. The van der Waals surface area contributed by atoms with Crippen molar-refractivity contribution in [2.24, 2.45) is 5.41 Å². The van der Waals surface area contributed by atoms with Gasteiger partial charge in [0.1, 0.15) is 0 Å². The Labute approximate surface area is 77.5 Å². The molecule has 0 bridgehead atoms. The van der Waals surface area contributed by atoms with Crippen LogP contribution in [0.4, 0.5) is 0 Å². The fourth-order valence-corrected chi connectivity index (χ4v) is 1.42. The van der Waals surface area contributed by atoms with Crippen molar-refractivity contribution in [3.8, 4) is 0 Å². The summed E-state index contributed by atoms with van der Waals surface area (Å²) in [5, 5.41) is 0. The summed E-state index contributed by atoms with van der Waals surface area (Å²) in [5.41, 5.74) is 0.357. The predicted molar refractivity (Wildman–Crippen MR) is 54.1 cm³/mol. The van der Waals surface area contributed by atoms with Crippen LogP contribution < -0.4 is 0 Å². The van der Waals surface area contributed by atoms with Gasteiger partial charge in [-0.05, 0) is 11.8 Å². The van der Waals surface area contributed by atoms with Gasteiger partial charge in [0.2, 0.25) is 0 Å². The highest BCUT2D eigenvalue weighted by Gasteiger charge is 2.16. The fraction of sp³-hybridized carbons (Fsp3) is 0.909. The summed E-state index contributed by atoms with van der Waals surface area (Å²) < 4.78 is 5.15. The summed E-state index contributed by atoms with van der Waals surface area (Å²) in [4.78, 5) is 0. The van der Waals surface area contributed by atoms with Gasteiger partial charge in [0, 0.05) is 7.11 Å². The van der Waals surface area contributed by atoms with Crippen molar-refractivity contribution in [3.63, 3.8) is 0 Å². The minimum atomic E-state index is 0.357. The minimum Gasteiger partial charge on any atom is -0.384 e. The monoisotopic (exact) mass is 171 g/mol. The number of hydrogen-bond acceptors (Lipinski definition) is 1. The van der Waals surface area contributed by atoms with Gasteiger partial charge in [-0.2, -0.15) is 0 Å². The van der Waals surface area contributed by atoms with Crippen molar-refractivity contribution >= 4 is 0 Å². The van der Waals surface area contributed by atoms with Gasteiger partial charge in [-0.1, -0.05) is 46.5 Å². The molecule has 0 amide bonds. The normalized spacial score (nSPS) is 12.0. The van der Waals surface area contributed by atoms with Crippen molar-refractivity contribution in [1.29, 1.82) is 0 Å². The van der Waals surface area contributed by atoms with Gasteiger partial charge in [0.05, 0.1) is 6.61 Å². The highest BCUT2D eigenvalue weighted by atomic mass is 16.5. The van der Waals surface area contributed by atoms with Gasteiger partial charge in [-0.25, -0.2) is 0 Å². The van der Waals surface area contributed by atoms with E-state index in [2.05, 4.69) is 20.8 Å². The first kappa shape index (κ1) is 12.0. The summed E-state index contributed by atoms with van der Waals surface area (Å²) >= 11 is 0. The second kappa shape index (κ2) is 6.47. The maximum atomic E-state index is 5.15. The molecule has 1 nitrogen and oxygen atoms in total. The summed E-state index contributed by atoms with van der Waals surface area (Å²) in [7, 11) is 1.78. The number of unbranched alkanes of at least 4 members (excludes halogenated alkanes) is 3. The highest BCUT2D eigenvalue weighted by molar-refractivity contribution is 4.67. The van der Waals surface area contributed by atoms with E-state index in [4.69, 9.17) is 4.74 Å². The quantitative estimate of drug-likeness (QED) is 0.533. The topological polar surface area (TPSA) is 9.23 Å². The number of methoxy groups -OCH3 is 1. The maximum absolute atomic E-state index is 5.15. The molecular formula is C11H23O. The Hall–Kier alpha value is -0.0400. The first-order valence-electron chi connectivity index (χ1n) is 4.90. The Morgan fingerprint density at radius 2 is 1.83 bits per heavy atom. The van der Waals surface area contributed by atoms with Gasteiger partial charge in [-0.3, -0.25) is 0 Å². The lowest BCUT2D eigenvalue weighted by atomic mass is 9.88. The standard InChI is InChI=1S/C11H23O/c1-5-6-7-8-9-11(2,3)10-12-4/h1,5-10H2,2-4H3. The van der Waals surface area contributed by atoms with Crippen LogP contribution in [0.5, 0.6) is 0 Å². The summed E-state index contributed by atoms with van der Waals surface area (Å²) in [6.45, 7) is 9.23. The van der Waals surface area contributed by atoms with Crippen molar-refractivity contribution in [1.82, 2.24) is 0 Å². The molecule has 0 rings (SSSR count). The fourth-order valence-electron chi connectivity index (χ4n) is 1.42. The predicted octanol–water partition coefficient (Wildman–Crippen LogP) is 3.44. The van der Waals surface area contributed by atoms with E-state index in [1.807, 2.05) is 0 Å². The van der Waals surface area contributed by atoms with Crippen molar-refractivity contribution < 1.29 is 4.74 Å². The number of rotatable bonds is 7. The van der Waals surface area contributed by atoms with Crippen LogP contribution in [0.2, 0.25) is 0 Å². The van der Waals surface area contributed by atoms with E-state index in [0.717, 1.165) is 13.0 Å². The van der Waals surface area contributed by atoms with E-state index >= 15 is 0 Å². The molecular weight excluding hydrogens is 148 g/mol. The number of hydrogen-bond donors (Lipinski definition) is 0. The molecule has 0 aliphatic heterocycles. The summed E-state index contributed by atoms with van der Waals surface area (Å²) in [6.07, 6.45) is 6.23. The van der Waals surface area contributed by atoms with Crippen molar-refractivity contribution in [2.45, 2.75) is 46.0 Å². The van der Waals surface area contributed by atoms with Gasteiger partial charge in [0.15, 0.2) is 0 Å². The van der Waals surface area contributed by atoms with Gasteiger partial charge >= 0.3 is 0 Å². The molecule has 0 saturated carbocycles. The third-order valence-electron chi connectivity index (χ3n) is 2.14. The van der Waals surface area contributed by atoms with Gasteiger partial charge < -0.3 is 4.74 Å². The maximum Gasteiger partial charge on any atom is 0.0513 e. The average Bonchev–Trinajstić information content (AvgIpc) is 1.98. The molecule has 73 valence electrons. The Balaban J connectivity index is 3.33. The van der Waals surface area contributed by atoms with E-state index in [1.54, 1.807) is 7.11 Å². The van der Waals surface area contributed by atoms with E-state index < -0.39 is 0 Å². The third kappa shape index (κ3) is 6.66. The smallest absolute Gasteiger partial charge is 0.0513 e. The van der Waals surface area contributed by atoms with Crippen molar-refractivity contribution in [3.05, 3.63) is 6.92 Å². The first-order chi connectivity index (χ1) is 5.62. The molecule has 0 fully saturated rings. The average molecular weight is 171 g/mol. The Kier molecular flexibility index (Phi) is 6.45. The lowest BCUT2D eigenvalue weighted by Crippen LogP contribution is -2.17. The van der Waals surface area contributed by atoms with Crippen LogP contribution in [0.1, 0.15) is 46.0 Å². The summed E-state index contributed by atoms with van der Waals surface area (Å²) in [6, 6.07) is 0. The molecule has 0 unspecified atom stereocenters. The lowest BCUT2D eigenvalue weighted by molar-refractivity contribution is 0.0962. The lowest BCUT2D eigenvalue weighted by Gasteiger charge is -2.23. The molecule has 0 aromatic heterocycles. The number of ether oxygens (including phenoxy) is 1. The zero-order valence-corrected chi connectivity index (χ0v) is 8.86. The molecule has 0 aromatic carbocycles. The first-order valence-corrected chi connectivity index (χ1v) is 4.90. The van der Waals surface area contributed by atoms with Crippen molar-refractivity contribution in [2.75, 3.05) is 13.7 Å². The molecule has 0 heterocycles. The van der Waals surface area contributed by atoms with E-state index in [1.165, 1.54) is 25.7 Å². The second-order valence-electron chi connectivity index (χ2n) is 4.26. The molecule has 1 heteroatoms. The molecule has 0 aliphatic carbocycles. The molecule has 0 aromatic rings. The van der Waals surface area contributed by atoms with Crippen LogP contribution in [0.25, 0.3) is 0 Å². The van der Waals surface area contributed by atoms with E-state index in [0.29, 0.717) is 5.41 Å². The molecule has 0 atom stereocenters. The van der Waals surface area contributed by atoms with Crippen LogP contribution in [0.15, 0.2) is 0 Å². The van der Waals surface area contributed by atoms with Crippen LogP contribution >= 0.6 is 0 Å². The molecule has 1 radical (unpaired) electrons. The van der Waals surface area contributed by atoms with E-state index in [9.17, 15) is 0 Å². The SMILES string of the molecule is [CH2]CCCCCC(C)(C)COC. The largest absolute Gasteiger partial charge is 0.384 e. The Bertz CT molecular complexity index is 97.2. The Morgan fingerprint density at radius 3 is 2.33 bits per heavy atom. The molecule has 12 heavy (non-hydrogen) atoms. The zero-order chi connectivity index (χ0) is 9.45. The molecule has 0 aliphatic rings. The van der Waals surface area contributed by atoms with Crippen LogP contribution in [-0.2, 0) is 4.74 Å². The molecule has 0 spiro atoms. The second-order valence-corrected chi connectivity index (χ2v) is 4.26. The van der Waals surface area contributed by atoms with Crippen LogP contribution in [0, 0.1) is 12.3 Å². The minimum absolute atomic E-state index is 0.357. The summed E-state index contributed by atoms with van der Waals surface area (Å²) in [5.74, 6) is 0. The van der Waals surface area contributed by atoms with Crippen LogP contribution in [0.3, 0.4) is 0 Å². The molecule has 0 saturated heterocycles. The molecule has 0 N–H and O–H groups in total.